The van der Waals surface area contributed by atoms with Crippen LogP contribution in [0.15, 0.2) is 0 Å². The van der Waals surface area contributed by atoms with Gasteiger partial charge in [-0.15, -0.1) is 0 Å². The molecule has 0 N–H and O–H groups in total. The summed E-state index contributed by atoms with van der Waals surface area (Å²) in [5, 5.41) is 0.832. The van der Waals surface area contributed by atoms with E-state index in [0.29, 0.717) is 5.41 Å². The predicted molar refractivity (Wildman–Crippen MR) is 81.7 cm³/mol. The fourth-order valence-electron chi connectivity index (χ4n) is 2.60. The van der Waals surface area contributed by atoms with E-state index in [0.717, 1.165) is 17.1 Å². The molecular formula is C16H32S. The van der Waals surface area contributed by atoms with Gasteiger partial charge in [-0.1, -0.05) is 53.9 Å². The molecular weight excluding hydrogens is 224 g/mol. The predicted octanol–water partition coefficient (Wildman–Crippen LogP) is 5.76. The van der Waals surface area contributed by atoms with Crippen molar-refractivity contribution in [2.75, 3.05) is 5.75 Å². The van der Waals surface area contributed by atoms with Gasteiger partial charge >= 0.3 is 0 Å². The minimum Gasteiger partial charge on any atom is -0.159 e. The summed E-state index contributed by atoms with van der Waals surface area (Å²) >= 11 is 2.18. The lowest BCUT2D eigenvalue weighted by atomic mass is 9.74. The van der Waals surface area contributed by atoms with E-state index in [1.807, 2.05) is 0 Å². The normalized spacial score (nSPS) is 20.3. The molecule has 1 rings (SSSR count). The van der Waals surface area contributed by atoms with E-state index in [-0.39, 0.29) is 0 Å². The average Bonchev–Trinajstić information content (AvgIpc) is 3.01. The molecule has 0 heterocycles. The minimum absolute atomic E-state index is 0.529. The van der Waals surface area contributed by atoms with Gasteiger partial charge in [-0.25, -0.2) is 0 Å². The Labute approximate surface area is 113 Å². The molecule has 1 heteroatoms. The fraction of sp³-hybridized carbons (Fsp3) is 1.00. The molecule has 0 saturated heterocycles. The van der Waals surface area contributed by atoms with E-state index in [1.165, 1.54) is 44.3 Å². The Hall–Kier alpha value is 0.350. The molecule has 0 aliphatic heterocycles. The first kappa shape index (κ1) is 15.4. The Bertz CT molecular complexity index is 206. The topological polar surface area (TPSA) is 0 Å². The number of thioether (sulfide) groups is 1. The Morgan fingerprint density at radius 1 is 1.24 bits per heavy atom. The van der Waals surface area contributed by atoms with Crippen molar-refractivity contribution < 1.29 is 0 Å². The van der Waals surface area contributed by atoms with E-state index >= 15 is 0 Å². The van der Waals surface area contributed by atoms with Crippen molar-refractivity contribution in [3.63, 3.8) is 0 Å². The van der Waals surface area contributed by atoms with Gasteiger partial charge in [0.05, 0.1) is 0 Å². The maximum absolute atomic E-state index is 2.48. The van der Waals surface area contributed by atoms with Crippen LogP contribution in [-0.2, 0) is 0 Å². The second-order valence-corrected chi connectivity index (χ2v) is 8.35. The largest absolute Gasteiger partial charge is 0.159 e. The third-order valence-electron chi connectivity index (χ3n) is 4.43. The smallest absolute Gasteiger partial charge is 0.00238 e. The van der Waals surface area contributed by atoms with Crippen LogP contribution >= 0.6 is 11.8 Å². The summed E-state index contributed by atoms with van der Waals surface area (Å²) < 4.78 is 0. The van der Waals surface area contributed by atoms with Crippen molar-refractivity contribution >= 4 is 11.8 Å². The Balaban J connectivity index is 2.24. The molecule has 2 atom stereocenters. The average molecular weight is 256 g/mol. The summed E-state index contributed by atoms with van der Waals surface area (Å²) in [6.45, 7) is 12.1. The molecule has 1 fully saturated rings. The van der Waals surface area contributed by atoms with Crippen molar-refractivity contribution in [2.45, 2.75) is 78.4 Å². The molecule has 2 unspecified atom stereocenters. The number of hydrogen-bond donors (Lipinski definition) is 0. The highest BCUT2D eigenvalue weighted by Gasteiger charge is 2.32. The molecule has 0 amide bonds. The second kappa shape index (κ2) is 7.07. The van der Waals surface area contributed by atoms with Gasteiger partial charge in [0.15, 0.2) is 0 Å². The second-order valence-electron chi connectivity index (χ2n) is 6.81. The zero-order valence-corrected chi connectivity index (χ0v) is 13.4. The zero-order valence-electron chi connectivity index (χ0n) is 12.6. The molecule has 0 radical (unpaired) electrons. The molecule has 0 aromatic heterocycles. The lowest BCUT2D eigenvalue weighted by Crippen LogP contribution is -2.25. The fourth-order valence-corrected chi connectivity index (χ4v) is 4.01. The first-order valence-electron chi connectivity index (χ1n) is 7.57. The summed E-state index contributed by atoms with van der Waals surface area (Å²) in [5.74, 6) is 3.32. The van der Waals surface area contributed by atoms with Crippen LogP contribution in [-0.4, -0.2) is 11.0 Å². The molecule has 0 spiro atoms. The van der Waals surface area contributed by atoms with Gasteiger partial charge in [-0.05, 0) is 42.3 Å². The van der Waals surface area contributed by atoms with Gasteiger partial charge in [0, 0.05) is 5.25 Å². The maximum Gasteiger partial charge on any atom is 0.00238 e. The molecule has 1 saturated carbocycles. The monoisotopic (exact) mass is 256 g/mol. The SMILES string of the molecule is CCCCSC(C)CC(C)(C)C(C)CC1CC1. The van der Waals surface area contributed by atoms with Crippen LogP contribution < -0.4 is 0 Å². The molecule has 102 valence electrons. The van der Waals surface area contributed by atoms with E-state index in [2.05, 4.69) is 46.4 Å². The van der Waals surface area contributed by atoms with E-state index in [1.54, 1.807) is 0 Å². The summed E-state index contributed by atoms with van der Waals surface area (Å²) in [6, 6.07) is 0. The Morgan fingerprint density at radius 2 is 1.88 bits per heavy atom. The molecule has 0 nitrogen and oxygen atoms in total. The van der Waals surface area contributed by atoms with Gasteiger partial charge in [0.25, 0.3) is 0 Å². The van der Waals surface area contributed by atoms with E-state index in [9.17, 15) is 0 Å². The first-order valence-corrected chi connectivity index (χ1v) is 8.62. The lowest BCUT2D eigenvalue weighted by Gasteiger charge is -2.34. The van der Waals surface area contributed by atoms with Crippen LogP contribution in [0, 0.1) is 17.3 Å². The van der Waals surface area contributed by atoms with Gasteiger partial charge in [0.1, 0.15) is 0 Å². The summed E-state index contributed by atoms with van der Waals surface area (Å²) in [4.78, 5) is 0. The van der Waals surface area contributed by atoms with Crippen molar-refractivity contribution in [1.29, 1.82) is 0 Å². The summed E-state index contributed by atoms with van der Waals surface area (Å²) in [5.41, 5.74) is 0.529. The van der Waals surface area contributed by atoms with Gasteiger partial charge in [-0.3, -0.25) is 0 Å². The zero-order chi connectivity index (χ0) is 12.9. The van der Waals surface area contributed by atoms with E-state index in [4.69, 9.17) is 0 Å². The van der Waals surface area contributed by atoms with Crippen molar-refractivity contribution in [3.05, 3.63) is 0 Å². The molecule has 0 aromatic rings. The van der Waals surface area contributed by atoms with Crippen LogP contribution in [0.3, 0.4) is 0 Å². The third-order valence-corrected chi connectivity index (χ3v) is 5.69. The van der Waals surface area contributed by atoms with Gasteiger partial charge < -0.3 is 0 Å². The van der Waals surface area contributed by atoms with Crippen molar-refractivity contribution in [2.24, 2.45) is 17.3 Å². The van der Waals surface area contributed by atoms with Gasteiger partial charge in [0.2, 0.25) is 0 Å². The lowest BCUT2D eigenvalue weighted by molar-refractivity contribution is 0.194. The molecule has 17 heavy (non-hydrogen) atoms. The highest BCUT2D eigenvalue weighted by atomic mass is 32.2. The maximum atomic E-state index is 2.48. The third kappa shape index (κ3) is 6.18. The Kier molecular flexibility index (Phi) is 6.40. The summed E-state index contributed by atoms with van der Waals surface area (Å²) in [6.07, 6.45) is 8.57. The van der Waals surface area contributed by atoms with Crippen molar-refractivity contribution in [3.8, 4) is 0 Å². The summed E-state index contributed by atoms with van der Waals surface area (Å²) in [7, 11) is 0. The Morgan fingerprint density at radius 3 is 2.41 bits per heavy atom. The van der Waals surface area contributed by atoms with Crippen LogP contribution in [0.1, 0.15) is 73.1 Å². The number of rotatable bonds is 9. The highest BCUT2D eigenvalue weighted by Crippen LogP contribution is 2.43. The number of unbranched alkanes of at least 4 members (excludes halogenated alkanes) is 1. The van der Waals surface area contributed by atoms with Crippen LogP contribution in [0.5, 0.6) is 0 Å². The van der Waals surface area contributed by atoms with Crippen LogP contribution in [0.25, 0.3) is 0 Å². The number of hydrogen-bond acceptors (Lipinski definition) is 1. The highest BCUT2D eigenvalue weighted by molar-refractivity contribution is 7.99. The van der Waals surface area contributed by atoms with Crippen LogP contribution in [0.2, 0.25) is 0 Å². The quantitative estimate of drug-likeness (QED) is 0.473. The molecule has 1 aliphatic rings. The molecule has 0 aromatic carbocycles. The minimum atomic E-state index is 0.529. The van der Waals surface area contributed by atoms with Gasteiger partial charge in [-0.2, -0.15) is 11.8 Å². The van der Waals surface area contributed by atoms with Crippen molar-refractivity contribution in [1.82, 2.24) is 0 Å². The van der Waals surface area contributed by atoms with E-state index < -0.39 is 0 Å². The van der Waals surface area contributed by atoms with Crippen LogP contribution in [0.4, 0.5) is 0 Å². The molecule has 0 bridgehead atoms. The first-order chi connectivity index (χ1) is 7.95. The molecule has 1 aliphatic carbocycles. The standard InChI is InChI=1S/C16H32S/c1-6-7-10-17-14(3)12-16(4,5)13(2)11-15-8-9-15/h13-15H,6-12H2,1-5H3.